The van der Waals surface area contributed by atoms with Gasteiger partial charge in [-0.25, -0.2) is 17.6 Å². The molecule has 2 N–H and O–H groups in total. The second-order valence-electron chi connectivity index (χ2n) is 4.86. The van der Waals surface area contributed by atoms with E-state index in [1.165, 1.54) is 0 Å². The van der Waals surface area contributed by atoms with E-state index in [1.807, 2.05) is 0 Å². The highest BCUT2D eigenvalue weighted by molar-refractivity contribution is 7.99. The molecule has 0 heterocycles. The number of thioether (sulfide) groups is 1. The van der Waals surface area contributed by atoms with E-state index in [2.05, 4.69) is 0 Å². The Bertz CT molecular complexity index is 502. The van der Waals surface area contributed by atoms with Crippen LogP contribution in [0.2, 0.25) is 0 Å². The molecule has 0 saturated heterocycles. The van der Waals surface area contributed by atoms with E-state index in [0.29, 0.717) is 24.7 Å². The zero-order valence-corrected chi connectivity index (χ0v) is 12.9. The summed E-state index contributed by atoms with van der Waals surface area (Å²) in [7, 11) is 0. The molecule has 0 bridgehead atoms. The van der Waals surface area contributed by atoms with Crippen LogP contribution < -0.4 is 5.73 Å². The Balaban J connectivity index is 2.78. The number of halogens is 7. The molecule has 0 atom stereocenters. The Morgan fingerprint density at radius 1 is 0.739 bits per heavy atom. The van der Waals surface area contributed by atoms with Crippen molar-refractivity contribution < 1.29 is 30.7 Å². The van der Waals surface area contributed by atoms with Crippen LogP contribution in [0.1, 0.15) is 37.7 Å². The zero-order chi connectivity index (χ0) is 17.6. The van der Waals surface area contributed by atoms with E-state index in [0.717, 1.165) is 25.7 Å². The van der Waals surface area contributed by atoms with Gasteiger partial charge in [0, 0.05) is 0 Å². The summed E-state index contributed by atoms with van der Waals surface area (Å²) in [5.74, 6) is -8.71. The standard InChI is InChI=1S/C14H16F7NS/c15-9-8(14(19,20)21)10(16)12(18)13(11(9)17)23-7-5-3-1-2-4-6-22/h1-7,22H2. The van der Waals surface area contributed by atoms with Gasteiger partial charge in [0.1, 0.15) is 5.56 Å². The second kappa shape index (κ2) is 8.77. The fourth-order valence-electron chi connectivity index (χ4n) is 1.94. The number of hydrogen-bond acceptors (Lipinski definition) is 2. The van der Waals surface area contributed by atoms with Crippen LogP contribution in [-0.2, 0) is 6.18 Å². The summed E-state index contributed by atoms with van der Waals surface area (Å²) in [6.07, 6.45) is -1.68. The molecule has 0 aliphatic rings. The van der Waals surface area contributed by atoms with Crippen molar-refractivity contribution in [2.45, 2.75) is 43.2 Å². The quantitative estimate of drug-likeness (QED) is 0.295. The summed E-state index contributed by atoms with van der Waals surface area (Å²) >= 11 is 0.463. The maximum atomic E-state index is 13.6. The maximum absolute atomic E-state index is 13.6. The summed E-state index contributed by atoms with van der Waals surface area (Å²) in [5, 5.41) is 0. The Labute approximate surface area is 133 Å². The van der Waals surface area contributed by atoms with Gasteiger partial charge < -0.3 is 5.73 Å². The molecular weight excluding hydrogens is 347 g/mol. The molecule has 1 aromatic rings. The largest absolute Gasteiger partial charge is 0.422 e. The number of nitrogens with two attached hydrogens (primary N) is 1. The predicted octanol–water partition coefficient (Wildman–Crippen LogP) is 5.26. The van der Waals surface area contributed by atoms with E-state index < -0.39 is 39.9 Å². The number of hydrogen-bond donors (Lipinski definition) is 1. The first-order valence-electron chi connectivity index (χ1n) is 6.97. The van der Waals surface area contributed by atoms with Gasteiger partial charge in [0.05, 0.1) is 4.90 Å². The van der Waals surface area contributed by atoms with Gasteiger partial charge in [-0.3, -0.25) is 0 Å². The van der Waals surface area contributed by atoms with Crippen molar-refractivity contribution in [3.05, 3.63) is 28.8 Å². The number of unbranched alkanes of at least 4 members (excludes halogenated alkanes) is 4. The summed E-state index contributed by atoms with van der Waals surface area (Å²) in [6.45, 7) is 0.565. The molecule has 0 saturated carbocycles. The Kier molecular flexibility index (Phi) is 7.66. The first-order valence-corrected chi connectivity index (χ1v) is 7.96. The average Bonchev–Trinajstić information content (AvgIpc) is 2.46. The lowest BCUT2D eigenvalue weighted by atomic mass is 10.1. The molecule has 0 aliphatic heterocycles. The summed E-state index contributed by atoms with van der Waals surface area (Å²) in [4.78, 5) is -1.06. The SMILES string of the molecule is NCCCCCCCSc1c(F)c(F)c(C(F)(F)F)c(F)c1F. The minimum atomic E-state index is -5.51. The van der Waals surface area contributed by atoms with Crippen molar-refractivity contribution in [3.8, 4) is 0 Å². The third-order valence-corrected chi connectivity index (χ3v) is 4.24. The average molecular weight is 363 g/mol. The van der Waals surface area contributed by atoms with Crippen molar-refractivity contribution in [1.82, 2.24) is 0 Å². The molecule has 0 aliphatic carbocycles. The highest BCUT2D eigenvalue weighted by Crippen LogP contribution is 2.39. The van der Waals surface area contributed by atoms with E-state index in [-0.39, 0.29) is 5.75 Å². The monoisotopic (exact) mass is 363 g/mol. The molecule has 132 valence electrons. The van der Waals surface area contributed by atoms with Gasteiger partial charge in [0.15, 0.2) is 23.3 Å². The maximum Gasteiger partial charge on any atom is 0.422 e. The van der Waals surface area contributed by atoms with Crippen LogP contribution in [0, 0.1) is 23.3 Å². The molecule has 9 heteroatoms. The van der Waals surface area contributed by atoms with E-state index in [4.69, 9.17) is 5.73 Å². The van der Waals surface area contributed by atoms with Gasteiger partial charge in [-0.05, 0) is 25.1 Å². The van der Waals surface area contributed by atoms with Crippen molar-refractivity contribution in [3.63, 3.8) is 0 Å². The molecule has 1 rings (SSSR count). The van der Waals surface area contributed by atoms with E-state index >= 15 is 0 Å². The third kappa shape index (κ3) is 5.27. The Hall–Kier alpha value is -0.960. The fourth-order valence-corrected chi connectivity index (χ4v) is 2.92. The van der Waals surface area contributed by atoms with Crippen LogP contribution in [0.4, 0.5) is 30.7 Å². The van der Waals surface area contributed by atoms with Crippen LogP contribution in [-0.4, -0.2) is 12.3 Å². The molecule has 0 spiro atoms. The lowest BCUT2D eigenvalue weighted by Gasteiger charge is -2.13. The van der Waals surface area contributed by atoms with Crippen LogP contribution in [0.15, 0.2) is 4.90 Å². The van der Waals surface area contributed by atoms with E-state index in [9.17, 15) is 30.7 Å². The highest BCUT2D eigenvalue weighted by Gasteiger charge is 2.42. The molecule has 1 aromatic carbocycles. The first kappa shape index (κ1) is 20.1. The summed E-state index contributed by atoms with van der Waals surface area (Å²) < 4.78 is 91.2. The molecule has 23 heavy (non-hydrogen) atoms. The normalized spacial score (nSPS) is 12.0. The minimum absolute atomic E-state index is 0.140. The number of rotatable bonds is 8. The predicted molar refractivity (Wildman–Crippen MR) is 74.1 cm³/mol. The van der Waals surface area contributed by atoms with Crippen molar-refractivity contribution in [2.24, 2.45) is 5.73 Å². The molecule has 0 unspecified atom stereocenters. The second-order valence-corrected chi connectivity index (χ2v) is 5.97. The Morgan fingerprint density at radius 3 is 1.70 bits per heavy atom. The molecule has 0 fully saturated rings. The van der Waals surface area contributed by atoms with Crippen LogP contribution >= 0.6 is 11.8 Å². The fraction of sp³-hybridized carbons (Fsp3) is 0.571. The molecule has 1 nitrogen and oxygen atoms in total. The summed E-state index contributed by atoms with van der Waals surface area (Å²) in [5.41, 5.74) is 2.77. The molecule has 0 aromatic heterocycles. The molecular formula is C14H16F7NS. The van der Waals surface area contributed by atoms with Gasteiger partial charge in [-0.15, -0.1) is 11.8 Å². The van der Waals surface area contributed by atoms with Crippen molar-refractivity contribution in [2.75, 3.05) is 12.3 Å². The first-order chi connectivity index (χ1) is 10.7. The highest BCUT2D eigenvalue weighted by atomic mass is 32.2. The topological polar surface area (TPSA) is 26.0 Å². The Morgan fingerprint density at radius 2 is 1.22 bits per heavy atom. The number of alkyl halides is 3. The lowest BCUT2D eigenvalue weighted by molar-refractivity contribution is -0.143. The van der Waals surface area contributed by atoms with Crippen molar-refractivity contribution in [1.29, 1.82) is 0 Å². The van der Waals surface area contributed by atoms with Crippen LogP contribution in [0.5, 0.6) is 0 Å². The van der Waals surface area contributed by atoms with E-state index in [1.54, 1.807) is 0 Å². The lowest BCUT2D eigenvalue weighted by Crippen LogP contribution is -2.15. The zero-order valence-electron chi connectivity index (χ0n) is 12.1. The van der Waals surface area contributed by atoms with Gasteiger partial charge in [-0.1, -0.05) is 19.3 Å². The van der Waals surface area contributed by atoms with Gasteiger partial charge in [0.2, 0.25) is 0 Å². The number of benzene rings is 1. The molecule has 0 amide bonds. The molecule has 0 radical (unpaired) electrons. The minimum Gasteiger partial charge on any atom is -0.330 e. The van der Waals surface area contributed by atoms with Crippen LogP contribution in [0.25, 0.3) is 0 Å². The van der Waals surface area contributed by atoms with Crippen LogP contribution in [0.3, 0.4) is 0 Å². The third-order valence-electron chi connectivity index (χ3n) is 3.10. The van der Waals surface area contributed by atoms with Crippen molar-refractivity contribution >= 4 is 11.8 Å². The van der Waals surface area contributed by atoms with Gasteiger partial charge in [-0.2, -0.15) is 13.2 Å². The summed E-state index contributed by atoms with van der Waals surface area (Å²) in [6, 6.07) is 0. The van der Waals surface area contributed by atoms with Gasteiger partial charge in [0.25, 0.3) is 0 Å². The smallest absolute Gasteiger partial charge is 0.330 e. The van der Waals surface area contributed by atoms with Gasteiger partial charge >= 0.3 is 6.18 Å².